The summed E-state index contributed by atoms with van der Waals surface area (Å²) in [6.07, 6.45) is 5.82. The first kappa shape index (κ1) is 17.6. The van der Waals surface area contributed by atoms with Gasteiger partial charge >= 0.3 is 5.97 Å². The fourth-order valence-corrected chi connectivity index (χ4v) is 3.25. The van der Waals surface area contributed by atoms with Gasteiger partial charge in [0.2, 0.25) is 0 Å². The van der Waals surface area contributed by atoms with E-state index in [1.54, 1.807) is 18.3 Å². The number of carbonyl (C=O) groups is 2. The number of nitrogens with one attached hydrogen (secondary N) is 2. The largest absolute Gasteiger partial charge is 0.480 e. The molecule has 0 aliphatic carbocycles. The third-order valence-electron chi connectivity index (χ3n) is 4.73. The summed E-state index contributed by atoms with van der Waals surface area (Å²) in [5.74, 6) is -1.48. The number of amides is 1. The Bertz CT molecular complexity index is 1110. The van der Waals surface area contributed by atoms with Crippen LogP contribution in [0.25, 0.3) is 16.6 Å². The number of fused-ring (bicyclic) bond motifs is 1. The maximum Gasteiger partial charge on any atom is 0.326 e. The molecule has 2 aromatic heterocycles. The molecule has 6 heteroatoms. The molecule has 1 unspecified atom stereocenters. The minimum absolute atomic E-state index is 0.201. The molecule has 0 saturated carbocycles. The highest BCUT2D eigenvalue weighted by molar-refractivity contribution is 5.97. The Labute approximate surface area is 161 Å². The first-order chi connectivity index (χ1) is 13.6. The number of nitrogens with zero attached hydrogens (tertiary/aromatic N) is 1. The Hall–Kier alpha value is -3.80. The molecule has 3 N–H and O–H groups in total. The molecule has 0 aliphatic rings. The summed E-state index contributed by atoms with van der Waals surface area (Å²) in [6, 6.07) is 17.5. The van der Waals surface area contributed by atoms with Gasteiger partial charge in [-0.05, 0) is 48.0 Å². The van der Waals surface area contributed by atoms with Gasteiger partial charge in [-0.25, -0.2) is 4.79 Å². The van der Waals surface area contributed by atoms with Crippen molar-refractivity contribution in [3.05, 3.63) is 90.4 Å². The second kappa shape index (κ2) is 7.44. The van der Waals surface area contributed by atoms with Gasteiger partial charge in [0.15, 0.2) is 0 Å². The number of carbonyl (C=O) groups excluding carboxylic acids is 1. The molecule has 1 amide bonds. The maximum absolute atomic E-state index is 12.6. The molecule has 0 radical (unpaired) electrons. The van der Waals surface area contributed by atoms with Gasteiger partial charge in [0.05, 0.1) is 0 Å². The van der Waals surface area contributed by atoms with E-state index in [1.165, 1.54) is 0 Å². The van der Waals surface area contributed by atoms with Crippen molar-refractivity contribution in [2.45, 2.75) is 12.5 Å². The molecule has 1 atom stereocenters. The molecule has 140 valence electrons. The molecule has 28 heavy (non-hydrogen) atoms. The number of carboxylic acid groups (broad SMARTS) is 1. The van der Waals surface area contributed by atoms with Crippen LogP contribution >= 0.6 is 0 Å². The van der Waals surface area contributed by atoms with Crippen LogP contribution in [0.15, 0.2) is 79.3 Å². The SMILES string of the molecule is O=C(NC(Cc1c[nH]c2ccccc12)C(=O)O)c1ccc(-n2cccc2)cc1. The van der Waals surface area contributed by atoms with Crippen molar-refractivity contribution in [1.29, 1.82) is 0 Å². The van der Waals surface area contributed by atoms with E-state index in [1.807, 2.05) is 65.5 Å². The van der Waals surface area contributed by atoms with Gasteiger partial charge in [-0.1, -0.05) is 18.2 Å². The Kier molecular flexibility index (Phi) is 4.68. The molecule has 0 saturated heterocycles. The van der Waals surface area contributed by atoms with Crippen molar-refractivity contribution in [3.8, 4) is 5.69 Å². The third kappa shape index (κ3) is 3.53. The monoisotopic (exact) mass is 373 g/mol. The van der Waals surface area contributed by atoms with E-state index in [0.29, 0.717) is 5.56 Å². The number of aromatic nitrogens is 2. The van der Waals surface area contributed by atoms with Crippen LogP contribution in [0, 0.1) is 0 Å². The van der Waals surface area contributed by atoms with Crippen molar-refractivity contribution < 1.29 is 14.7 Å². The molecule has 2 heterocycles. The van der Waals surface area contributed by atoms with E-state index in [2.05, 4.69) is 10.3 Å². The Morgan fingerprint density at radius 2 is 1.71 bits per heavy atom. The van der Waals surface area contributed by atoms with Crippen molar-refractivity contribution in [3.63, 3.8) is 0 Å². The molecule has 0 aliphatic heterocycles. The highest BCUT2D eigenvalue weighted by Gasteiger charge is 2.22. The summed E-state index contributed by atoms with van der Waals surface area (Å²) >= 11 is 0. The quantitative estimate of drug-likeness (QED) is 0.484. The lowest BCUT2D eigenvalue weighted by molar-refractivity contribution is -0.139. The highest BCUT2D eigenvalue weighted by atomic mass is 16.4. The molecule has 0 fully saturated rings. The van der Waals surface area contributed by atoms with Gasteiger partial charge < -0.3 is 20.0 Å². The maximum atomic E-state index is 12.6. The van der Waals surface area contributed by atoms with Crippen LogP contribution in [-0.4, -0.2) is 32.6 Å². The van der Waals surface area contributed by atoms with Gasteiger partial charge in [0.1, 0.15) is 6.04 Å². The van der Waals surface area contributed by atoms with Gasteiger partial charge in [-0.2, -0.15) is 0 Å². The van der Waals surface area contributed by atoms with E-state index in [9.17, 15) is 14.7 Å². The summed E-state index contributed by atoms with van der Waals surface area (Å²) in [6.45, 7) is 0. The number of aliphatic carboxylic acids is 1. The van der Waals surface area contributed by atoms with Crippen molar-refractivity contribution >= 4 is 22.8 Å². The zero-order chi connectivity index (χ0) is 19.5. The van der Waals surface area contributed by atoms with E-state index in [4.69, 9.17) is 0 Å². The predicted octanol–water partition coefficient (Wildman–Crippen LogP) is 3.38. The molecule has 0 bridgehead atoms. The summed E-state index contributed by atoms with van der Waals surface area (Å²) in [5, 5.41) is 13.2. The number of hydrogen-bond acceptors (Lipinski definition) is 2. The van der Waals surface area contributed by atoms with Gasteiger partial charge in [0, 0.05) is 47.2 Å². The molecular weight excluding hydrogens is 354 g/mol. The number of H-pyrrole nitrogens is 1. The van der Waals surface area contributed by atoms with Gasteiger partial charge in [-0.15, -0.1) is 0 Å². The molecule has 6 nitrogen and oxygen atoms in total. The normalized spacial score (nSPS) is 12.0. The minimum Gasteiger partial charge on any atom is -0.480 e. The average molecular weight is 373 g/mol. The topological polar surface area (TPSA) is 87.1 Å². The lowest BCUT2D eigenvalue weighted by atomic mass is 10.0. The Morgan fingerprint density at radius 1 is 1.00 bits per heavy atom. The summed E-state index contributed by atoms with van der Waals surface area (Å²) in [4.78, 5) is 27.4. The van der Waals surface area contributed by atoms with Crippen LogP contribution in [0.2, 0.25) is 0 Å². The number of para-hydroxylation sites is 1. The smallest absolute Gasteiger partial charge is 0.326 e. The highest BCUT2D eigenvalue weighted by Crippen LogP contribution is 2.19. The lowest BCUT2D eigenvalue weighted by Crippen LogP contribution is -2.42. The molecule has 0 spiro atoms. The van der Waals surface area contributed by atoms with Gasteiger partial charge in [0.25, 0.3) is 5.91 Å². The number of rotatable bonds is 6. The zero-order valence-corrected chi connectivity index (χ0v) is 15.0. The Morgan fingerprint density at radius 3 is 2.43 bits per heavy atom. The number of aromatic amines is 1. The fraction of sp³-hybridized carbons (Fsp3) is 0.0909. The van der Waals surface area contributed by atoms with Crippen molar-refractivity contribution in [1.82, 2.24) is 14.9 Å². The number of carboxylic acids is 1. The van der Waals surface area contributed by atoms with E-state index in [0.717, 1.165) is 22.2 Å². The second-order valence-corrected chi connectivity index (χ2v) is 6.57. The first-order valence-corrected chi connectivity index (χ1v) is 8.94. The zero-order valence-electron chi connectivity index (χ0n) is 15.0. The fourth-order valence-electron chi connectivity index (χ4n) is 3.25. The summed E-state index contributed by atoms with van der Waals surface area (Å²) in [5.41, 5.74) is 3.14. The van der Waals surface area contributed by atoms with Crippen LogP contribution in [0.1, 0.15) is 15.9 Å². The third-order valence-corrected chi connectivity index (χ3v) is 4.73. The van der Waals surface area contributed by atoms with Crippen LogP contribution in [0.5, 0.6) is 0 Å². The predicted molar refractivity (Wildman–Crippen MR) is 107 cm³/mol. The number of benzene rings is 2. The first-order valence-electron chi connectivity index (χ1n) is 8.94. The number of hydrogen-bond donors (Lipinski definition) is 3. The molecule has 2 aromatic carbocycles. The summed E-state index contributed by atoms with van der Waals surface area (Å²) < 4.78 is 1.93. The lowest BCUT2D eigenvalue weighted by Gasteiger charge is -2.14. The average Bonchev–Trinajstić information content (AvgIpc) is 3.38. The van der Waals surface area contributed by atoms with Gasteiger partial charge in [-0.3, -0.25) is 4.79 Å². The van der Waals surface area contributed by atoms with E-state index < -0.39 is 17.9 Å². The van der Waals surface area contributed by atoms with Crippen LogP contribution in [-0.2, 0) is 11.2 Å². The van der Waals surface area contributed by atoms with Crippen LogP contribution < -0.4 is 5.32 Å². The van der Waals surface area contributed by atoms with Crippen molar-refractivity contribution in [2.24, 2.45) is 0 Å². The second-order valence-electron chi connectivity index (χ2n) is 6.57. The Balaban J connectivity index is 1.50. The van der Waals surface area contributed by atoms with Crippen LogP contribution in [0.4, 0.5) is 0 Å². The minimum atomic E-state index is -1.07. The molecule has 4 rings (SSSR count). The standard InChI is InChI=1S/C22H19N3O3/c26-21(15-7-9-17(10-8-15)25-11-3-4-12-25)24-20(22(27)28)13-16-14-23-19-6-2-1-5-18(16)19/h1-12,14,20,23H,13H2,(H,24,26)(H,27,28). The summed E-state index contributed by atoms with van der Waals surface area (Å²) in [7, 11) is 0. The van der Waals surface area contributed by atoms with E-state index >= 15 is 0 Å². The molecular formula is C22H19N3O3. The van der Waals surface area contributed by atoms with Crippen molar-refractivity contribution in [2.75, 3.05) is 0 Å². The van der Waals surface area contributed by atoms with E-state index in [-0.39, 0.29) is 6.42 Å². The van der Waals surface area contributed by atoms with Crippen LogP contribution in [0.3, 0.4) is 0 Å². The molecule has 4 aromatic rings.